The van der Waals surface area contributed by atoms with E-state index in [-0.39, 0.29) is 18.4 Å². The minimum absolute atomic E-state index is 0.0755. The lowest BCUT2D eigenvalue weighted by Crippen LogP contribution is -2.44. The van der Waals surface area contributed by atoms with Gasteiger partial charge in [0.05, 0.1) is 5.52 Å². The van der Waals surface area contributed by atoms with Crippen LogP contribution in [0.2, 0.25) is 0 Å². The SMILES string of the molecule is CN1CC2CC1CC2NC(=O)c1n[nH]c2cc(-c3nccs3)ccc12.O=CO. The largest absolute Gasteiger partial charge is 0.483 e. The number of amides is 1. The van der Waals surface area contributed by atoms with E-state index in [2.05, 4.69) is 32.4 Å². The fourth-order valence-corrected chi connectivity index (χ4v) is 4.92. The molecule has 2 aliphatic rings. The molecule has 3 heterocycles. The number of likely N-dealkylation sites (tertiary alicyclic amines) is 1. The average molecular weight is 399 g/mol. The van der Waals surface area contributed by atoms with Crippen molar-refractivity contribution < 1.29 is 14.7 Å². The zero-order chi connectivity index (χ0) is 19.7. The number of rotatable bonds is 3. The zero-order valence-electron chi connectivity index (χ0n) is 15.3. The molecule has 1 amide bonds. The lowest BCUT2D eigenvalue weighted by molar-refractivity contribution is -0.122. The fourth-order valence-electron chi connectivity index (χ4n) is 4.28. The van der Waals surface area contributed by atoms with Gasteiger partial charge in [-0.15, -0.1) is 11.3 Å². The van der Waals surface area contributed by atoms with Crippen LogP contribution in [0.4, 0.5) is 0 Å². The number of piperidine rings is 1. The first-order valence-electron chi connectivity index (χ1n) is 9.07. The number of thiazole rings is 1. The average Bonchev–Trinajstić information content (AvgIpc) is 3.45. The highest BCUT2D eigenvalue weighted by molar-refractivity contribution is 7.13. The second kappa shape index (κ2) is 7.69. The molecule has 2 fully saturated rings. The Kier molecular flexibility index (Phi) is 5.10. The molecule has 1 saturated carbocycles. The summed E-state index contributed by atoms with van der Waals surface area (Å²) in [5.41, 5.74) is 2.39. The van der Waals surface area contributed by atoms with Crippen molar-refractivity contribution in [3.8, 4) is 10.6 Å². The number of H-pyrrole nitrogens is 1. The van der Waals surface area contributed by atoms with E-state index in [0.717, 1.165) is 34.4 Å². The second-order valence-corrected chi connectivity index (χ2v) is 8.07. The summed E-state index contributed by atoms with van der Waals surface area (Å²) >= 11 is 1.60. The molecule has 1 aliphatic heterocycles. The van der Waals surface area contributed by atoms with Crippen LogP contribution < -0.4 is 5.32 Å². The highest BCUT2D eigenvalue weighted by Crippen LogP contribution is 2.37. The molecule has 2 aromatic heterocycles. The van der Waals surface area contributed by atoms with Crippen molar-refractivity contribution in [1.82, 2.24) is 25.4 Å². The van der Waals surface area contributed by atoms with Crippen LogP contribution in [0.5, 0.6) is 0 Å². The minimum Gasteiger partial charge on any atom is -0.483 e. The molecule has 3 aromatic rings. The van der Waals surface area contributed by atoms with E-state index in [1.807, 2.05) is 23.6 Å². The van der Waals surface area contributed by atoms with Gasteiger partial charge in [0.1, 0.15) is 5.01 Å². The molecule has 3 N–H and O–H groups in total. The fraction of sp³-hybridized carbons (Fsp3) is 0.368. The summed E-state index contributed by atoms with van der Waals surface area (Å²) in [6.45, 7) is 0.827. The van der Waals surface area contributed by atoms with Crippen molar-refractivity contribution in [2.45, 2.75) is 24.9 Å². The van der Waals surface area contributed by atoms with Crippen LogP contribution in [0.25, 0.3) is 21.5 Å². The smallest absolute Gasteiger partial charge is 0.290 e. The summed E-state index contributed by atoms with van der Waals surface area (Å²) in [6.07, 6.45) is 4.03. The highest BCUT2D eigenvalue weighted by atomic mass is 32.1. The molecule has 8 nitrogen and oxygen atoms in total. The van der Waals surface area contributed by atoms with Crippen LogP contribution in [0.3, 0.4) is 0 Å². The van der Waals surface area contributed by atoms with Gasteiger partial charge in [-0.2, -0.15) is 5.10 Å². The minimum atomic E-state index is -0.250. The molecule has 1 aliphatic carbocycles. The van der Waals surface area contributed by atoms with Gasteiger partial charge < -0.3 is 15.3 Å². The maximum absolute atomic E-state index is 12.7. The van der Waals surface area contributed by atoms with E-state index >= 15 is 0 Å². The predicted octanol–water partition coefficient (Wildman–Crippen LogP) is 2.21. The first-order valence-corrected chi connectivity index (χ1v) is 9.95. The Balaban J connectivity index is 0.000000604. The van der Waals surface area contributed by atoms with Gasteiger partial charge in [0.25, 0.3) is 12.4 Å². The standard InChI is InChI=1S/C18H19N5OS.CH2O2/c1-23-9-11-6-12(23)8-14(11)20-17(24)16-13-3-2-10(7-15(13)21-22-16)18-19-4-5-25-18;2-1-3/h2-5,7,11-12,14H,6,8-9H2,1H3,(H,20,24)(H,21,22);1H,(H,2,3). The summed E-state index contributed by atoms with van der Waals surface area (Å²) in [4.78, 5) is 27.8. The number of nitrogens with zero attached hydrogens (tertiary/aromatic N) is 3. The summed E-state index contributed by atoms with van der Waals surface area (Å²) < 4.78 is 0. The summed E-state index contributed by atoms with van der Waals surface area (Å²) in [5.74, 6) is 0.495. The Morgan fingerprint density at radius 1 is 1.43 bits per heavy atom. The van der Waals surface area contributed by atoms with Crippen molar-refractivity contribution >= 4 is 34.6 Å². The predicted molar refractivity (Wildman–Crippen MR) is 106 cm³/mol. The van der Waals surface area contributed by atoms with Crippen molar-refractivity contribution in [3.05, 3.63) is 35.5 Å². The van der Waals surface area contributed by atoms with Crippen molar-refractivity contribution in [3.63, 3.8) is 0 Å². The van der Waals surface area contributed by atoms with E-state index in [4.69, 9.17) is 9.90 Å². The number of carboxylic acid groups (broad SMARTS) is 1. The molecule has 5 rings (SSSR count). The molecule has 2 bridgehead atoms. The summed E-state index contributed by atoms with van der Waals surface area (Å²) in [7, 11) is 2.17. The molecule has 28 heavy (non-hydrogen) atoms. The first-order chi connectivity index (χ1) is 13.6. The Morgan fingerprint density at radius 3 is 2.89 bits per heavy atom. The molecular weight excluding hydrogens is 378 g/mol. The molecule has 0 spiro atoms. The summed E-state index contributed by atoms with van der Waals surface area (Å²) in [6, 6.07) is 6.85. The maximum atomic E-state index is 12.7. The molecule has 0 radical (unpaired) electrons. The van der Waals surface area contributed by atoms with Crippen molar-refractivity contribution in [2.24, 2.45) is 5.92 Å². The number of aromatic amines is 1. The van der Waals surface area contributed by atoms with Crippen LogP contribution in [0, 0.1) is 5.92 Å². The number of fused-ring (bicyclic) bond motifs is 3. The zero-order valence-corrected chi connectivity index (χ0v) is 16.1. The number of hydrogen-bond donors (Lipinski definition) is 3. The normalized spacial score (nSPS) is 23.4. The van der Waals surface area contributed by atoms with E-state index in [0.29, 0.717) is 17.7 Å². The van der Waals surface area contributed by atoms with Crippen LogP contribution >= 0.6 is 11.3 Å². The number of carbonyl (C=O) groups excluding carboxylic acids is 1. The Labute approximate surface area is 165 Å². The molecule has 3 unspecified atom stereocenters. The monoisotopic (exact) mass is 399 g/mol. The number of nitrogens with one attached hydrogen (secondary N) is 2. The van der Waals surface area contributed by atoms with Crippen LogP contribution in [-0.2, 0) is 4.79 Å². The molecular formula is C19H21N5O3S. The van der Waals surface area contributed by atoms with Gasteiger partial charge in [0, 0.05) is 41.2 Å². The van der Waals surface area contributed by atoms with Crippen molar-refractivity contribution in [1.29, 1.82) is 0 Å². The molecule has 146 valence electrons. The Hall–Kier alpha value is -2.78. The molecule has 1 saturated heterocycles. The van der Waals surface area contributed by atoms with Crippen LogP contribution in [0.15, 0.2) is 29.8 Å². The van der Waals surface area contributed by atoms with Gasteiger partial charge in [-0.25, -0.2) is 4.98 Å². The van der Waals surface area contributed by atoms with E-state index in [1.165, 1.54) is 6.42 Å². The van der Waals surface area contributed by atoms with E-state index < -0.39 is 0 Å². The molecule has 9 heteroatoms. The lowest BCUT2D eigenvalue weighted by Gasteiger charge is -2.28. The number of carbonyl (C=O) groups is 2. The van der Waals surface area contributed by atoms with Crippen LogP contribution in [0.1, 0.15) is 23.3 Å². The highest BCUT2D eigenvalue weighted by Gasteiger charge is 2.43. The third kappa shape index (κ3) is 3.38. The van der Waals surface area contributed by atoms with Gasteiger partial charge in [-0.1, -0.05) is 6.07 Å². The quantitative estimate of drug-likeness (QED) is 0.582. The Morgan fingerprint density at radius 2 is 2.25 bits per heavy atom. The van der Waals surface area contributed by atoms with Crippen molar-refractivity contribution in [2.75, 3.05) is 13.6 Å². The van der Waals surface area contributed by atoms with E-state index in [9.17, 15) is 4.79 Å². The van der Waals surface area contributed by atoms with Gasteiger partial charge in [0.2, 0.25) is 0 Å². The maximum Gasteiger partial charge on any atom is 0.290 e. The molecule has 3 atom stereocenters. The van der Waals surface area contributed by atoms with E-state index in [1.54, 1.807) is 17.5 Å². The second-order valence-electron chi connectivity index (χ2n) is 7.18. The van der Waals surface area contributed by atoms with Gasteiger partial charge in [0.15, 0.2) is 5.69 Å². The Bertz CT molecular complexity index is 985. The third-order valence-corrected chi connectivity index (χ3v) is 6.41. The topological polar surface area (TPSA) is 111 Å². The lowest BCUT2D eigenvalue weighted by atomic mass is 10.0. The third-order valence-electron chi connectivity index (χ3n) is 5.59. The number of hydrogen-bond acceptors (Lipinski definition) is 6. The van der Waals surface area contributed by atoms with Gasteiger partial charge in [-0.3, -0.25) is 14.7 Å². The molecule has 1 aromatic carbocycles. The first kappa shape index (κ1) is 18.6. The number of benzene rings is 1. The van der Waals surface area contributed by atoms with Gasteiger partial charge >= 0.3 is 0 Å². The van der Waals surface area contributed by atoms with Crippen LogP contribution in [-0.4, -0.2) is 63.2 Å². The number of aromatic nitrogens is 3. The van der Waals surface area contributed by atoms with Gasteiger partial charge in [-0.05, 0) is 37.9 Å². The summed E-state index contributed by atoms with van der Waals surface area (Å²) in [5, 5.41) is 21.1.